The van der Waals surface area contributed by atoms with Crippen molar-refractivity contribution in [1.29, 1.82) is 0 Å². The van der Waals surface area contributed by atoms with Gasteiger partial charge in [-0.2, -0.15) is 0 Å². The van der Waals surface area contributed by atoms with E-state index in [0.29, 0.717) is 24.2 Å². The monoisotopic (exact) mass is 542 g/mol. The Morgan fingerprint density at radius 2 is 1.12 bits per heavy atom. The Bertz CT molecular complexity index is 1230. The van der Waals surface area contributed by atoms with E-state index in [1.807, 2.05) is 42.5 Å². The maximum atomic E-state index is 15.8. The van der Waals surface area contributed by atoms with Crippen molar-refractivity contribution >= 4 is 5.57 Å². The predicted octanol–water partition coefficient (Wildman–Crippen LogP) is 11.3. The number of benzene rings is 3. The van der Waals surface area contributed by atoms with Gasteiger partial charge in [0.25, 0.3) is 0 Å². The highest BCUT2D eigenvalue weighted by Gasteiger charge is 2.44. The van der Waals surface area contributed by atoms with Crippen LogP contribution in [-0.4, -0.2) is 18.4 Å². The zero-order valence-electron chi connectivity index (χ0n) is 24.2. The van der Waals surface area contributed by atoms with Crippen molar-refractivity contribution in [2.24, 2.45) is 0 Å². The fourth-order valence-corrected chi connectivity index (χ4v) is 5.50. The maximum Gasteiger partial charge on any atom is 0.184 e. The summed E-state index contributed by atoms with van der Waals surface area (Å²) in [5.41, 5.74) is 4.24. The van der Waals surface area contributed by atoms with E-state index in [2.05, 4.69) is 50.2 Å². The molecule has 0 heterocycles. The van der Waals surface area contributed by atoms with Gasteiger partial charge in [0.05, 0.1) is 0 Å². The van der Waals surface area contributed by atoms with E-state index in [9.17, 15) is 0 Å². The molecule has 0 saturated heterocycles. The summed E-state index contributed by atoms with van der Waals surface area (Å²) in [7, 11) is 0. The van der Waals surface area contributed by atoms with Gasteiger partial charge in [0, 0.05) is 12.2 Å². The van der Waals surface area contributed by atoms with Gasteiger partial charge in [0.15, 0.2) is 6.17 Å². The van der Waals surface area contributed by atoms with E-state index in [-0.39, 0.29) is 0 Å². The zero-order chi connectivity index (χ0) is 28.2. The molecule has 0 bridgehead atoms. The lowest BCUT2D eigenvalue weighted by molar-refractivity contribution is -0.0651. The predicted molar refractivity (Wildman–Crippen MR) is 166 cm³/mol. The van der Waals surface area contributed by atoms with Crippen molar-refractivity contribution in [3.63, 3.8) is 0 Å². The molecule has 0 fully saturated rings. The molecule has 2 atom stereocenters. The maximum absolute atomic E-state index is 15.8. The molecule has 0 radical (unpaired) electrons. The molecule has 3 aromatic carbocycles. The van der Waals surface area contributed by atoms with Crippen LogP contribution >= 0.6 is 0 Å². The number of ether oxygens (including phenoxy) is 1. The van der Waals surface area contributed by atoms with Gasteiger partial charge in [-0.05, 0) is 46.7 Å². The Morgan fingerprint density at radius 3 is 1.73 bits per heavy atom. The molecule has 0 aromatic heterocycles. The van der Waals surface area contributed by atoms with Gasteiger partial charge in [-0.15, -0.1) is 0 Å². The van der Waals surface area contributed by atoms with Crippen molar-refractivity contribution in [2.75, 3.05) is 6.61 Å². The second-order valence-corrected chi connectivity index (χ2v) is 11.0. The summed E-state index contributed by atoms with van der Waals surface area (Å²) in [5.74, 6) is -0.720. The minimum absolute atomic E-state index is 0.313. The van der Waals surface area contributed by atoms with E-state index >= 15 is 8.78 Å². The molecule has 0 saturated carbocycles. The quantitative estimate of drug-likeness (QED) is 0.174. The highest BCUT2D eigenvalue weighted by molar-refractivity contribution is 5.80. The van der Waals surface area contributed by atoms with E-state index < -0.39 is 17.6 Å². The molecule has 1 aliphatic rings. The number of allylic oxidation sites excluding steroid dienone is 2. The van der Waals surface area contributed by atoms with E-state index in [4.69, 9.17) is 4.74 Å². The van der Waals surface area contributed by atoms with Gasteiger partial charge in [-0.25, -0.2) is 8.78 Å². The average molecular weight is 543 g/mol. The van der Waals surface area contributed by atoms with Crippen molar-refractivity contribution < 1.29 is 13.5 Å². The molecular formula is C37H44F2O. The van der Waals surface area contributed by atoms with Crippen LogP contribution in [0, 0.1) is 0 Å². The summed E-state index contributed by atoms with van der Waals surface area (Å²) in [6.45, 7) is 4.78. The third kappa shape index (κ3) is 7.57. The number of halogens is 2. The van der Waals surface area contributed by atoms with Gasteiger partial charge in [0.1, 0.15) is 11.4 Å². The third-order valence-corrected chi connectivity index (χ3v) is 8.00. The smallest absolute Gasteiger partial charge is 0.184 e. The first kappa shape index (κ1) is 29.9. The highest BCUT2D eigenvalue weighted by Crippen LogP contribution is 2.41. The Balaban J connectivity index is 1.45. The van der Waals surface area contributed by atoms with E-state index in [1.54, 1.807) is 12.2 Å². The number of rotatable bonds is 15. The largest absolute Gasteiger partial charge is 0.367 e. The second-order valence-electron chi connectivity index (χ2n) is 11.0. The van der Waals surface area contributed by atoms with Gasteiger partial charge in [-0.3, -0.25) is 0 Å². The number of hydrogen-bond donors (Lipinski definition) is 0. The van der Waals surface area contributed by atoms with Crippen LogP contribution in [0.5, 0.6) is 0 Å². The Kier molecular flexibility index (Phi) is 11.3. The fraction of sp³-hybridized carbons (Fsp3) is 0.405. The molecule has 3 heteroatoms. The van der Waals surface area contributed by atoms with Crippen LogP contribution in [0.3, 0.4) is 0 Å². The van der Waals surface area contributed by atoms with Gasteiger partial charge in [-0.1, -0.05) is 150 Å². The first-order valence-corrected chi connectivity index (χ1v) is 15.2. The summed E-state index contributed by atoms with van der Waals surface area (Å²) in [4.78, 5) is 0. The van der Waals surface area contributed by atoms with Crippen LogP contribution in [0.2, 0.25) is 0 Å². The van der Waals surface area contributed by atoms with E-state index in [0.717, 1.165) is 48.8 Å². The number of unbranched alkanes of at least 4 members (excludes halogenated alkanes) is 7. The standard InChI is InChI=1S/C37H44F2O/c1-3-5-7-8-9-14-28-40-37(26-13-6-4-2)27-25-34(35(38)36(37)39)33-23-21-32(22-24-33)31-19-17-30(18-20-31)29-15-11-10-12-16-29/h10-12,15-25,27,36H,3-9,13-14,26,28H2,1-2H3. The molecular weight excluding hydrogens is 498 g/mol. The second kappa shape index (κ2) is 15.1. The molecule has 4 rings (SSSR count). The molecule has 0 amide bonds. The SMILES string of the molecule is CCCCCCCCOC1(CCCCC)C=CC(c2ccc(-c3ccc(-c4ccccc4)cc3)cc2)=C(F)C1F. The normalized spacial score (nSPS) is 18.9. The zero-order valence-corrected chi connectivity index (χ0v) is 24.2. The minimum atomic E-state index is -1.80. The molecule has 1 nitrogen and oxygen atoms in total. The first-order chi connectivity index (χ1) is 19.6. The van der Waals surface area contributed by atoms with Crippen LogP contribution in [0.4, 0.5) is 8.78 Å². The third-order valence-electron chi connectivity index (χ3n) is 8.00. The number of alkyl halides is 1. The topological polar surface area (TPSA) is 9.23 Å². The van der Waals surface area contributed by atoms with Crippen LogP contribution < -0.4 is 0 Å². The van der Waals surface area contributed by atoms with Crippen LogP contribution in [0.1, 0.15) is 83.6 Å². The summed E-state index contributed by atoms with van der Waals surface area (Å²) in [6, 6.07) is 26.4. The Hall–Kier alpha value is -3.04. The molecule has 0 aliphatic heterocycles. The molecule has 1 aliphatic carbocycles. The Morgan fingerprint density at radius 1 is 0.625 bits per heavy atom. The summed E-state index contributed by atoms with van der Waals surface area (Å²) < 4.78 is 37.7. The lowest BCUT2D eigenvalue weighted by Crippen LogP contribution is -2.43. The molecule has 212 valence electrons. The summed E-state index contributed by atoms with van der Waals surface area (Å²) in [6.07, 6.45) is 11.8. The van der Waals surface area contributed by atoms with Crippen molar-refractivity contribution in [2.45, 2.75) is 89.8 Å². The van der Waals surface area contributed by atoms with Crippen LogP contribution in [0.15, 0.2) is 96.8 Å². The minimum Gasteiger partial charge on any atom is -0.367 e. The highest BCUT2D eigenvalue weighted by atomic mass is 19.2. The Labute approximate surface area is 240 Å². The number of hydrogen-bond acceptors (Lipinski definition) is 1. The molecule has 40 heavy (non-hydrogen) atoms. The molecule has 0 spiro atoms. The molecule has 3 aromatic rings. The molecule has 0 N–H and O–H groups in total. The van der Waals surface area contributed by atoms with Crippen molar-refractivity contribution in [3.05, 3.63) is 102 Å². The summed E-state index contributed by atoms with van der Waals surface area (Å²) in [5, 5.41) is 0. The lowest BCUT2D eigenvalue weighted by Gasteiger charge is -2.36. The van der Waals surface area contributed by atoms with Gasteiger partial charge in [0.2, 0.25) is 0 Å². The van der Waals surface area contributed by atoms with Crippen LogP contribution in [0.25, 0.3) is 27.8 Å². The first-order valence-electron chi connectivity index (χ1n) is 15.2. The lowest BCUT2D eigenvalue weighted by atomic mass is 9.83. The summed E-state index contributed by atoms with van der Waals surface area (Å²) >= 11 is 0. The van der Waals surface area contributed by atoms with Crippen molar-refractivity contribution in [3.8, 4) is 22.3 Å². The molecule has 2 unspecified atom stereocenters. The van der Waals surface area contributed by atoms with Gasteiger partial charge < -0.3 is 4.74 Å². The van der Waals surface area contributed by atoms with E-state index in [1.165, 1.54) is 31.2 Å². The average Bonchev–Trinajstić information content (AvgIpc) is 3.00. The van der Waals surface area contributed by atoms with Gasteiger partial charge >= 0.3 is 0 Å². The van der Waals surface area contributed by atoms with Crippen LogP contribution in [-0.2, 0) is 4.74 Å². The van der Waals surface area contributed by atoms with Crippen molar-refractivity contribution in [1.82, 2.24) is 0 Å². The fourth-order valence-electron chi connectivity index (χ4n) is 5.50.